The van der Waals surface area contributed by atoms with Crippen molar-refractivity contribution in [2.24, 2.45) is 7.05 Å². The van der Waals surface area contributed by atoms with Gasteiger partial charge in [0.1, 0.15) is 11.1 Å². The molecule has 1 fully saturated rings. The van der Waals surface area contributed by atoms with Crippen LogP contribution >= 0.6 is 35.3 Å². The molecule has 0 aliphatic carbocycles. The van der Waals surface area contributed by atoms with Crippen molar-refractivity contribution >= 4 is 64.0 Å². The SMILES string of the molecule is Cn1nnnc1C1=C(C(=O)O)N2C(=O)[C@@](C=S)(NC(=O)Cc3cccs3)[C@@H]2SC1. The van der Waals surface area contributed by atoms with Crippen molar-refractivity contribution in [3.05, 3.63) is 33.9 Å². The summed E-state index contributed by atoms with van der Waals surface area (Å²) in [6, 6.07) is 3.66. The maximum absolute atomic E-state index is 13.0. The summed E-state index contributed by atoms with van der Waals surface area (Å²) in [4.78, 5) is 39.5. The first-order valence-electron chi connectivity index (χ1n) is 8.33. The number of carbonyl (C=O) groups excluding carboxylic acids is 2. The second-order valence-corrected chi connectivity index (χ2v) is 8.72. The molecule has 2 aliphatic heterocycles. The third kappa shape index (κ3) is 3.05. The highest BCUT2D eigenvalue weighted by Crippen LogP contribution is 2.47. The van der Waals surface area contributed by atoms with Gasteiger partial charge < -0.3 is 10.4 Å². The Morgan fingerprint density at radius 3 is 2.90 bits per heavy atom. The minimum absolute atomic E-state index is 0.116. The average Bonchev–Trinajstić information content (AvgIpc) is 3.36. The van der Waals surface area contributed by atoms with Crippen LogP contribution in [0, 0.1) is 0 Å². The molecule has 0 aromatic carbocycles. The lowest BCUT2D eigenvalue weighted by Crippen LogP contribution is -2.80. The first-order valence-corrected chi connectivity index (χ1v) is 10.7. The summed E-state index contributed by atoms with van der Waals surface area (Å²) in [7, 11) is 1.59. The topological polar surface area (TPSA) is 130 Å². The molecule has 2 N–H and O–H groups in total. The molecule has 1 saturated heterocycles. The van der Waals surface area contributed by atoms with Crippen molar-refractivity contribution in [2.45, 2.75) is 17.3 Å². The van der Waals surface area contributed by atoms with Crippen molar-refractivity contribution in [3.63, 3.8) is 0 Å². The second kappa shape index (κ2) is 7.31. The number of rotatable bonds is 6. The normalized spacial score (nSPS) is 23.4. The average molecular weight is 451 g/mol. The number of nitrogens with zero attached hydrogens (tertiary/aromatic N) is 5. The monoisotopic (exact) mass is 450 g/mol. The Labute approximate surface area is 177 Å². The maximum atomic E-state index is 13.0. The molecule has 150 valence electrons. The highest BCUT2D eigenvalue weighted by molar-refractivity contribution is 8.00. The number of carboxylic acids is 1. The lowest BCUT2D eigenvalue weighted by molar-refractivity contribution is -0.153. The van der Waals surface area contributed by atoms with Crippen molar-refractivity contribution in [2.75, 3.05) is 5.75 Å². The standard InChI is InChI=1S/C16H14N6O4S3/c1-21-12(18-19-20-21)9-6-29-15-16(7-27,14(26)22(15)11(9)13(24)25)17-10(23)5-8-3-2-4-28-8/h2-4,7,15H,5-6H2,1H3,(H,17,23)(H,24,25)/t15-,16+/m0/s1. The molecule has 2 aromatic heterocycles. The number of thiophene rings is 1. The highest BCUT2D eigenvalue weighted by atomic mass is 32.2. The van der Waals surface area contributed by atoms with Crippen LogP contribution in [0.4, 0.5) is 0 Å². The van der Waals surface area contributed by atoms with E-state index < -0.39 is 22.8 Å². The van der Waals surface area contributed by atoms with Gasteiger partial charge in [0.15, 0.2) is 11.4 Å². The minimum Gasteiger partial charge on any atom is -0.477 e. The lowest BCUT2D eigenvalue weighted by Gasteiger charge is -2.55. The number of β-lactam (4-membered cyclic amide) rings is 1. The molecule has 2 aromatic rings. The molecule has 10 nitrogen and oxygen atoms in total. The molecule has 0 spiro atoms. The molecule has 13 heteroatoms. The fourth-order valence-corrected chi connectivity index (χ4v) is 5.85. The number of thioether (sulfide) groups is 1. The first kappa shape index (κ1) is 19.7. The molecule has 29 heavy (non-hydrogen) atoms. The molecule has 0 radical (unpaired) electrons. The van der Waals surface area contributed by atoms with E-state index in [2.05, 4.69) is 20.8 Å². The number of fused-ring (bicyclic) bond motifs is 1. The van der Waals surface area contributed by atoms with E-state index in [4.69, 9.17) is 12.2 Å². The Hall–Kier alpha value is -2.64. The van der Waals surface area contributed by atoms with Crippen LogP contribution in [-0.4, -0.2) is 70.0 Å². The minimum atomic E-state index is -1.43. The van der Waals surface area contributed by atoms with Gasteiger partial charge in [0.25, 0.3) is 5.91 Å². The molecule has 2 amide bonds. The van der Waals surface area contributed by atoms with E-state index in [1.54, 1.807) is 7.05 Å². The van der Waals surface area contributed by atoms with E-state index in [1.165, 1.54) is 33.1 Å². The summed E-state index contributed by atoms with van der Waals surface area (Å²) in [5.41, 5.74) is -1.29. The number of aliphatic carboxylic acids is 1. The number of aryl methyl sites for hydroxylation is 1. The summed E-state index contributed by atoms with van der Waals surface area (Å²) in [6.45, 7) is 0. The van der Waals surface area contributed by atoms with Gasteiger partial charge in [-0.2, -0.15) is 0 Å². The van der Waals surface area contributed by atoms with E-state index in [1.807, 2.05) is 17.5 Å². The number of nitrogens with one attached hydrogen (secondary N) is 1. The molecule has 0 unspecified atom stereocenters. The van der Waals surface area contributed by atoms with E-state index in [0.29, 0.717) is 5.57 Å². The molecule has 0 bridgehead atoms. The van der Waals surface area contributed by atoms with E-state index in [0.717, 1.165) is 9.78 Å². The number of thiocarbonyl (C=S) groups is 1. The molecule has 0 saturated carbocycles. The Bertz CT molecular complexity index is 1050. The number of amides is 2. The number of hydrogen-bond donors (Lipinski definition) is 2. The Kier molecular flexibility index (Phi) is 4.96. The summed E-state index contributed by atoms with van der Waals surface area (Å²) in [6.07, 6.45) is 0.116. The van der Waals surface area contributed by atoms with Crippen LogP contribution in [0.5, 0.6) is 0 Å². The zero-order chi connectivity index (χ0) is 20.8. The van der Waals surface area contributed by atoms with Gasteiger partial charge in [0, 0.05) is 28.6 Å². The Balaban J connectivity index is 1.65. The van der Waals surface area contributed by atoms with Gasteiger partial charge >= 0.3 is 5.97 Å². The fraction of sp³-hybridized carbons (Fsp3) is 0.312. The van der Waals surface area contributed by atoms with Gasteiger partial charge in [-0.05, 0) is 21.9 Å². The molecule has 4 heterocycles. The van der Waals surface area contributed by atoms with Crippen molar-refractivity contribution < 1.29 is 19.5 Å². The van der Waals surface area contributed by atoms with Crippen LogP contribution < -0.4 is 5.32 Å². The van der Waals surface area contributed by atoms with E-state index in [9.17, 15) is 19.5 Å². The van der Waals surface area contributed by atoms with Gasteiger partial charge in [-0.1, -0.05) is 18.3 Å². The van der Waals surface area contributed by atoms with Crippen LogP contribution in [0.3, 0.4) is 0 Å². The van der Waals surface area contributed by atoms with E-state index in [-0.39, 0.29) is 29.6 Å². The fourth-order valence-electron chi connectivity index (χ4n) is 3.34. The summed E-state index contributed by atoms with van der Waals surface area (Å²) < 4.78 is 1.35. The van der Waals surface area contributed by atoms with Gasteiger partial charge in [0.05, 0.1) is 6.42 Å². The van der Waals surface area contributed by atoms with Gasteiger partial charge in [-0.3, -0.25) is 14.5 Å². The second-order valence-electron chi connectivity index (χ2n) is 6.39. The number of hydrogen-bond acceptors (Lipinski definition) is 9. The Morgan fingerprint density at radius 2 is 2.31 bits per heavy atom. The van der Waals surface area contributed by atoms with Crippen molar-refractivity contribution in [3.8, 4) is 0 Å². The third-order valence-electron chi connectivity index (χ3n) is 4.65. The van der Waals surface area contributed by atoms with Crippen LogP contribution in [0.15, 0.2) is 23.2 Å². The maximum Gasteiger partial charge on any atom is 0.353 e. The van der Waals surface area contributed by atoms with Crippen LogP contribution in [-0.2, 0) is 27.9 Å². The number of tetrazole rings is 1. The largest absolute Gasteiger partial charge is 0.477 e. The zero-order valence-corrected chi connectivity index (χ0v) is 17.4. The predicted molar refractivity (Wildman–Crippen MR) is 109 cm³/mol. The van der Waals surface area contributed by atoms with Crippen molar-refractivity contribution in [1.29, 1.82) is 0 Å². The summed E-state index contributed by atoms with van der Waals surface area (Å²) in [5, 5.41) is 26.0. The van der Waals surface area contributed by atoms with Crippen LogP contribution in [0.25, 0.3) is 5.57 Å². The summed E-state index contributed by atoms with van der Waals surface area (Å²) >= 11 is 7.82. The van der Waals surface area contributed by atoms with E-state index >= 15 is 0 Å². The predicted octanol–water partition coefficient (Wildman–Crippen LogP) is 0.0798. The van der Waals surface area contributed by atoms with Crippen molar-refractivity contribution in [1.82, 2.24) is 30.4 Å². The highest BCUT2D eigenvalue weighted by Gasteiger charge is 2.64. The van der Waals surface area contributed by atoms with Crippen LogP contribution in [0.1, 0.15) is 10.7 Å². The third-order valence-corrected chi connectivity index (χ3v) is 7.25. The van der Waals surface area contributed by atoms with Gasteiger partial charge in [0.2, 0.25) is 5.91 Å². The zero-order valence-electron chi connectivity index (χ0n) is 14.9. The Morgan fingerprint density at radius 1 is 1.52 bits per heavy atom. The van der Waals surface area contributed by atoms with Gasteiger partial charge in [-0.25, -0.2) is 9.48 Å². The lowest BCUT2D eigenvalue weighted by atomic mass is 9.87. The van der Waals surface area contributed by atoms with Crippen LogP contribution in [0.2, 0.25) is 0 Å². The molecular weight excluding hydrogens is 436 g/mol. The summed E-state index contributed by atoms with van der Waals surface area (Å²) in [5.74, 6) is -1.71. The van der Waals surface area contributed by atoms with Gasteiger partial charge in [-0.15, -0.1) is 28.2 Å². The first-order chi connectivity index (χ1) is 13.9. The number of carboxylic acid groups (broad SMARTS) is 1. The molecule has 4 rings (SSSR count). The molecule has 2 atom stereocenters. The molecule has 2 aliphatic rings. The smallest absolute Gasteiger partial charge is 0.353 e. The molecular formula is C16H14N6O4S3. The number of aromatic nitrogens is 4. The quantitative estimate of drug-likeness (QED) is 0.464. The number of carbonyl (C=O) groups is 3.